The van der Waals surface area contributed by atoms with Crippen molar-refractivity contribution in [3.8, 4) is 0 Å². The van der Waals surface area contributed by atoms with E-state index < -0.39 is 14.8 Å². The van der Waals surface area contributed by atoms with Crippen molar-refractivity contribution in [2.45, 2.75) is 18.2 Å². The van der Waals surface area contributed by atoms with Gasteiger partial charge in [-0.3, -0.25) is 19.8 Å². The lowest BCUT2D eigenvalue weighted by Crippen LogP contribution is -2.33. The summed E-state index contributed by atoms with van der Waals surface area (Å²) >= 11 is 1.21. The van der Waals surface area contributed by atoms with Crippen molar-refractivity contribution in [2.24, 2.45) is 0 Å². The number of thiazole rings is 1. The van der Waals surface area contributed by atoms with Gasteiger partial charge in [-0.1, -0.05) is 18.3 Å². The van der Waals surface area contributed by atoms with Gasteiger partial charge in [0.05, 0.1) is 25.8 Å². The summed E-state index contributed by atoms with van der Waals surface area (Å²) in [5.41, 5.74) is 0.881. The topological polar surface area (TPSA) is 114 Å². The summed E-state index contributed by atoms with van der Waals surface area (Å²) < 4.78 is 24.7. The fraction of sp³-hybridized carbons (Fsp3) is 0.333. The Morgan fingerprint density at radius 1 is 1.12 bits per heavy atom. The van der Waals surface area contributed by atoms with Crippen LogP contribution in [0.3, 0.4) is 0 Å². The van der Waals surface area contributed by atoms with Gasteiger partial charge in [0.25, 0.3) is 11.6 Å². The third kappa shape index (κ3) is 5.29. The molecule has 0 spiro atoms. The number of aromatic nitrogens is 1. The number of carbonyl (C=O) groups excluding carboxylic acids is 1. The molecule has 0 bridgehead atoms. The Labute approximate surface area is 190 Å². The van der Waals surface area contributed by atoms with Crippen molar-refractivity contribution in [2.75, 3.05) is 37.8 Å². The average Bonchev–Trinajstić information content (AvgIpc) is 3.19. The molecule has 0 saturated heterocycles. The van der Waals surface area contributed by atoms with E-state index in [0.717, 1.165) is 6.54 Å². The Balaban J connectivity index is 1.95. The van der Waals surface area contributed by atoms with Gasteiger partial charge < -0.3 is 4.90 Å². The smallest absolute Gasteiger partial charge is 0.270 e. The highest BCUT2D eigenvalue weighted by Gasteiger charge is 2.23. The Kier molecular flexibility index (Phi) is 7.22. The summed E-state index contributed by atoms with van der Waals surface area (Å²) in [6, 6.07) is 10.3. The summed E-state index contributed by atoms with van der Waals surface area (Å²) in [6.45, 7) is 2.72. The van der Waals surface area contributed by atoms with Crippen molar-refractivity contribution in [3.05, 3.63) is 58.1 Å². The van der Waals surface area contributed by atoms with Crippen LogP contribution >= 0.6 is 11.3 Å². The fourth-order valence-corrected chi connectivity index (χ4v) is 4.99. The highest BCUT2D eigenvalue weighted by Crippen LogP contribution is 2.32. The fourth-order valence-electron chi connectivity index (χ4n) is 3.09. The monoisotopic (exact) mass is 476 g/mol. The summed E-state index contributed by atoms with van der Waals surface area (Å²) in [5, 5.41) is 11.5. The van der Waals surface area contributed by atoms with Crippen LogP contribution in [0.1, 0.15) is 23.7 Å². The normalized spacial score (nSPS) is 11.8. The van der Waals surface area contributed by atoms with Crippen molar-refractivity contribution < 1.29 is 18.1 Å². The molecule has 0 saturated carbocycles. The molecule has 9 nitrogen and oxygen atoms in total. The number of nitro benzene ring substituents is 1. The van der Waals surface area contributed by atoms with E-state index in [0.29, 0.717) is 33.9 Å². The van der Waals surface area contributed by atoms with Gasteiger partial charge in [-0.15, -0.1) is 0 Å². The van der Waals surface area contributed by atoms with Crippen LogP contribution in [0.5, 0.6) is 0 Å². The lowest BCUT2D eigenvalue weighted by atomic mass is 10.2. The van der Waals surface area contributed by atoms with E-state index in [1.807, 2.05) is 19.0 Å². The zero-order chi connectivity index (χ0) is 23.5. The molecule has 2 aromatic carbocycles. The largest absolute Gasteiger partial charge is 0.309 e. The molecule has 32 heavy (non-hydrogen) atoms. The van der Waals surface area contributed by atoms with Gasteiger partial charge in [0.2, 0.25) is 0 Å². The average molecular weight is 477 g/mol. The predicted octanol–water partition coefficient (Wildman–Crippen LogP) is 3.60. The molecule has 0 fully saturated rings. The quantitative estimate of drug-likeness (QED) is 0.342. The minimum absolute atomic E-state index is 0.0191. The molecule has 1 amide bonds. The number of non-ortho nitro benzene ring substituents is 1. The summed E-state index contributed by atoms with van der Waals surface area (Å²) in [5.74, 6) is -0.327. The first-order valence-electron chi connectivity index (χ1n) is 9.97. The first kappa shape index (κ1) is 23.8. The molecule has 0 unspecified atom stereocenters. The second-order valence-corrected chi connectivity index (χ2v) is 10.7. The van der Waals surface area contributed by atoms with Crippen LogP contribution < -0.4 is 4.90 Å². The number of benzene rings is 2. The Bertz CT molecular complexity index is 1240. The molecular formula is C21H24N4O5S2. The van der Waals surface area contributed by atoms with Crippen LogP contribution in [0.4, 0.5) is 10.8 Å². The van der Waals surface area contributed by atoms with Gasteiger partial charge in [0.15, 0.2) is 15.0 Å². The molecule has 1 heterocycles. The van der Waals surface area contributed by atoms with E-state index in [1.54, 1.807) is 17.9 Å². The lowest BCUT2D eigenvalue weighted by molar-refractivity contribution is -0.384. The van der Waals surface area contributed by atoms with Crippen LogP contribution in [-0.4, -0.2) is 62.1 Å². The molecular weight excluding hydrogens is 452 g/mol. The number of amides is 1. The molecule has 0 aliphatic carbocycles. The predicted molar refractivity (Wildman–Crippen MR) is 125 cm³/mol. The van der Waals surface area contributed by atoms with Crippen LogP contribution in [0, 0.1) is 10.1 Å². The number of hydrogen-bond donors (Lipinski definition) is 0. The third-order valence-electron chi connectivity index (χ3n) is 4.88. The number of hydrogen-bond acceptors (Lipinski definition) is 8. The molecule has 1 aromatic heterocycles. The standard InChI is InChI=1S/C21H24N4O5S2/c1-4-32(29,30)17-9-6-15(7-10-17)20(26)24(13-5-12-23(2)3)21-22-18-11-8-16(25(27)28)14-19(18)31-21/h6-11,14H,4-5,12-13H2,1-3H3. The number of anilines is 1. The van der Waals surface area contributed by atoms with Crippen LogP contribution in [0.2, 0.25) is 0 Å². The second kappa shape index (κ2) is 9.72. The minimum atomic E-state index is -3.36. The molecule has 0 radical (unpaired) electrons. The van der Waals surface area contributed by atoms with E-state index in [4.69, 9.17) is 0 Å². The Hall–Kier alpha value is -2.89. The number of sulfone groups is 1. The van der Waals surface area contributed by atoms with E-state index in [9.17, 15) is 23.3 Å². The Morgan fingerprint density at radius 3 is 2.41 bits per heavy atom. The molecule has 0 aliphatic rings. The van der Waals surface area contributed by atoms with E-state index in [-0.39, 0.29) is 22.2 Å². The summed E-state index contributed by atoms with van der Waals surface area (Å²) in [7, 11) is 0.520. The van der Waals surface area contributed by atoms with Gasteiger partial charge in [-0.25, -0.2) is 13.4 Å². The maximum Gasteiger partial charge on any atom is 0.270 e. The maximum absolute atomic E-state index is 13.3. The molecule has 3 rings (SSSR count). The van der Waals surface area contributed by atoms with Gasteiger partial charge in [-0.2, -0.15) is 0 Å². The number of rotatable bonds is 9. The highest BCUT2D eigenvalue weighted by atomic mass is 32.2. The molecule has 0 N–H and O–H groups in total. The first-order valence-corrected chi connectivity index (χ1v) is 12.4. The summed E-state index contributed by atoms with van der Waals surface area (Å²) in [4.78, 5) is 32.2. The minimum Gasteiger partial charge on any atom is -0.309 e. The summed E-state index contributed by atoms with van der Waals surface area (Å²) in [6.07, 6.45) is 0.692. The van der Waals surface area contributed by atoms with E-state index in [2.05, 4.69) is 4.98 Å². The van der Waals surface area contributed by atoms with Crippen LogP contribution in [0.15, 0.2) is 47.4 Å². The second-order valence-electron chi connectivity index (χ2n) is 7.45. The van der Waals surface area contributed by atoms with Crippen LogP contribution in [-0.2, 0) is 9.84 Å². The van der Waals surface area contributed by atoms with E-state index in [1.165, 1.54) is 47.7 Å². The number of fused-ring (bicyclic) bond motifs is 1. The molecule has 0 atom stereocenters. The van der Waals surface area contributed by atoms with Crippen LogP contribution in [0.25, 0.3) is 10.2 Å². The molecule has 0 aliphatic heterocycles. The van der Waals surface area contributed by atoms with Crippen molar-refractivity contribution in [3.63, 3.8) is 0 Å². The van der Waals surface area contributed by atoms with Gasteiger partial charge in [0, 0.05) is 24.2 Å². The maximum atomic E-state index is 13.3. The SMILES string of the molecule is CCS(=O)(=O)c1ccc(C(=O)N(CCCN(C)C)c2nc3ccc([N+](=O)[O-])cc3s2)cc1. The highest BCUT2D eigenvalue weighted by molar-refractivity contribution is 7.91. The number of nitro groups is 1. The van der Waals surface area contributed by atoms with Gasteiger partial charge in [0.1, 0.15) is 0 Å². The van der Waals surface area contributed by atoms with Gasteiger partial charge >= 0.3 is 0 Å². The zero-order valence-corrected chi connectivity index (χ0v) is 19.6. The molecule has 11 heteroatoms. The lowest BCUT2D eigenvalue weighted by Gasteiger charge is -2.21. The van der Waals surface area contributed by atoms with Gasteiger partial charge in [-0.05, 0) is 57.4 Å². The van der Waals surface area contributed by atoms with Crippen molar-refractivity contribution >= 4 is 48.1 Å². The Morgan fingerprint density at radius 2 is 1.81 bits per heavy atom. The van der Waals surface area contributed by atoms with Crippen molar-refractivity contribution in [1.82, 2.24) is 9.88 Å². The number of nitrogens with zero attached hydrogens (tertiary/aromatic N) is 4. The molecule has 170 valence electrons. The number of carbonyl (C=O) groups is 1. The van der Waals surface area contributed by atoms with Crippen molar-refractivity contribution in [1.29, 1.82) is 0 Å². The van der Waals surface area contributed by atoms with E-state index >= 15 is 0 Å². The zero-order valence-electron chi connectivity index (χ0n) is 18.0. The third-order valence-corrected chi connectivity index (χ3v) is 7.67. The molecule has 3 aromatic rings. The first-order chi connectivity index (χ1) is 15.1.